The molecule has 3 heteroatoms. The Hall–Kier alpha value is -1.25. The van der Waals surface area contributed by atoms with Crippen LogP contribution >= 0.6 is 0 Å². The minimum absolute atomic E-state index is 0.558. The number of hydrogen-bond donors (Lipinski definition) is 1. The van der Waals surface area contributed by atoms with Crippen LogP contribution in [0, 0.1) is 0 Å². The molecule has 0 bridgehead atoms. The summed E-state index contributed by atoms with van der Waals surface area (Å²) in [6.45, 7) is 0.558. The van der Waals surface area contributed by atoms with Gasteiger partial charge in [-0.3, -0.25) is 4.90 Å². The van der Waals surface area contributed by atoms with Gasteiger partial charge in [-0.25, -0.2) is 4.79 Å². The fourth-order valence-electron chi connectivity index (χ4n) is 0.776. The summed E-state index contributed by atoms with van der Waals surface area (Å²) in [5, 5.41) is 8.51. The van der Waals surface area contributed by atoms with Crippen molar-refractivity contribution >= 4 is 6.09 Å². The van der Waals surface area contributed by atoms with Crippen LogP contribution < -0.4 is 0 Å². The highest BCUT2D eigenvalue weighted by molar-refractivity contribution is 5.66. The number of nitrogens with zero attached hydrogens (tertiary/aromatic N) is 1. The molecule has 0 aromatic rings. The third kappa shape index (κ3) is 1.62. The van der Waals surface area contributed by atoms with E-state index in [-0.39, 0.29) is 0 Å². The van der Waals surface area contributed by atoms with Crippen molar-refractivity contribution in [3.63, 3.8) is 0 Å². The van der Waals surface area contributed by atoms with E-state index in [0.717, 1.165) is 6.42 Å². The lowest BCUT2D eigenvalue weighted by molar-refractivity contribution is 0.164. The number of amides is 1. The summed E-state index contributed by atoms with van der Waals surface area (Å²) in [5.74, 6) is 0. The van der Waals surface area contributed by atoms with E-state index in [2.05, 4.69) is 0 Å². The lowest BCUT2D eigenvalue weighted by atomic mass is 10.4. The van der Waals surface area contributed by atoms with Crippen molar-refractivity contribution in [2.45, 2.75) is 6.42 Å². The fourth-order valence-corrected chi connectivity index (χ4v) is 0.776. The van der Waals surface area contributed by atoms with Gasteiger partial charge in [0.25, 0.3) is 0 Å². The second kappa shape index (κ2) is 3.06. The molecule has 1 N–H and O–H groups in total. The average Bonchev–Trinajstić information content (AvgIpc) is 2.12. The topological polar surface area (TPSA) is 40.5 Å². The van der Waals surface area contributed by atoms with Gasteiger partial charge in [-0.15, -0.1) is 0 Å². The average molecular weight is 139 g/mol. The van der Waals surface area contributed by atoms with Crippen LogP contribution in [0.2, 0.25) is 0 Å². The van der Waals surface area contributed by atoms with Gasteiger partial charge in [-0.1, -0.05) is 12.2 Å². The van der Waals surface area contributed by atoms with Gasteiger partial charge in [0, 0.05) is 12.7 Å². The molecule has 10 heavy (non-hydrogen) atoms. The minimum atomic E-state index is -0.889. The van der Waals surface area contributed by atoms with E-state index < -0.39 is 6.09 Å². The Labute approximate surface area is 59.3 Å². The Balaban J connectivity index is 2.56. The molecule has 0 saturated carbocycles. The summed E-state index contributed by atoms with van der Waals surface area (Å²) in [6, 6.07) is 0. The van der Waals surface area contributed by atoms with E-state index in [9.17, 15) is 4.79 Å². The van der Waals surface area contributed by atoms with Crippen molar-refractivity contribution in [3.8, 4) is 0 Å². The van der Waals surface area contributed by atoms with Crippen molar-refractivity contribution in [2.75, 3.05) is 6.54 Å². The third-order valence-corrected chi connectivity index (χ3v) is 1.30. The van der Waals surface area contributed by atoms with Gasteiger partial charge < -0.3 is 5.11 Å². The zero-order valence-electron chi connectivity index (χ0n) is 5.53. The van der Waals surface area contributed by atoms with Crippen LogP contribution in [0.25, 0.3) is 0 Å². The van der Waals surface area contributed by atoms with E-state index >= 15 is 0 Å². The molecule has 0 aromatic carbocycles. The first-order chi connectivity index (χ1) is 4.80. The zero-order chi connectivity index (χ0) is 7.40. The Kier molecular flexibility index (Phi) is 2.10. The quantitative estimate of drug-likeness (QED) is 0.551. The highest BCUT2D eigenvalue weighted by atomic mass is 16.4. The Morgan fingerprint density at radius 2 is 2.30 bits per heavy atom. The van der Waals surface area contributed by atoms with Gasteiger partial charge in [0.15, 0.2) is 0 Å². The molecule has 0 unspecified atom stereocenters. The first kappa shape index (κ1) is 6.86. The van der Waals surface area contributed by atoms with Gasteiger partial charge in [0.05, 0.1) is 0 Å². The van der Waals surface area contributed by atoms with Crippen molar-refractivity contribution in [1.29, 1.82) is 0 Å². The molecule has 3 nitrogen and oxygen atoms in total. The van der Waals surface area contributed by atoms with Crippen LogP contribution in [0.3, 0.4) is 0 Å². The molecular formula is C7H9NO2. The van der Waals surface area contributed by atoms with E-state index in [4.69, 9.17) is 5.11 Å². The summed E-state index contributed by atoms with van der Waals surface area (Å²) in [5.41, 5.74) is 0. The van der Waals surface area contributed by atoms with Crippen LogP contribution in [0.4, 0.5) is 4.79 Å². The third-order valence-electron chi connectivity index (χ3n) is 1.30. The van der Waals surface area contributed by atoms with Gasteiger partial charge in [0.2, 0.25) is 0 Å². The maximum absolute atomic E-state index is 10.4. The maximum Gasteiger partial charge on any atom is 0.411 e. The van der Waals surface area contributed by atoms with Crippen molar-refractivity contribution < 1.29 is 9.90 Å². The molecule has 0 atom stereocenters. The standard InChI is InChI=1S/C7H9NO2/c9-7(10)8-5-3-1-2-4-6-8/h1-3,5H,4,6H2,(H,9,10). The van der Waals surface area contributed by atoms with Crippen LogP contribution in [-0.2, 0) is 0 Å². The van der Waals surface area contributed by atoms with E-state index in [1.54, 1.807) is 12.3 Å². The molecule has 0 aliphatic carbocycles. The second-order valence-corrected chi connectivity index (χ2v) is 2.03. The highest BCUT2D eigenvalue weighted by Crippen LogP contribution is 1.99. The number of allylic oxidation sites excluding steroid dienone is 2. The Morgan fingerprint density at radius 1 is 1.50 bits per heavy atom. The number of carboxylic acid groups (broad SMARTS) is 1. The first-order valence-electron chi connectivity index (χ1n) is 3.13. The van der Waals surface area contributed by atoms with Crippen molar-refractivity contribution in [2.24, 2.45) is 0 Å². The molecule has 1 amide bonds. The predicted octanol–water partition coefficient (Wildman–Crippen LogP) is 1.44. The molecule has 0 fully saturated rings. The molecule has 0 saturated heterocycles. The molecule has 1 rings (SSSR count). The predicted molar refractivity (Wildman–Crippen MR) is 37.6 cm³/mol. The zero-order valence-corrected chi connectivity index (χ0v) is 5.53. The fraction of sp³-hybridized carbons (Fsp3) is 0.286. The molecule has 1 aliphatic rings. The minimum Gasteiger partial charge on any atom is -0.465 e. The summed E-state index contributed by atoms with van der Waals surface area (Å²) in [6.07, 6.45) is 6.98. The van der Waals surface area contributed by atoms with Gasteiger partial charge in [-0.05, 0) is 12.5 Å². The van der Waals surface area contributed by atoms with Crippen LogP contribution in [0.15, 0.2) is 24.4 Å². The van der Waals surface area contributed by atoms with Crippen molar-refractivity contribution in [3.05, 3.63) is 24.4 Å². The second-order valence-electron chi connectivity index (χ2n) is 2.03. The first-order valence-corrected chi connectivity index (χ1v) is 3.13. The Bertz CT molecular complexity index is 184. The highest BCUT2D eigenvalue weighted by Gasteiger charge is 2.06. The normalized spacial score (nSPS) is 17.0. The number of hydrogen-bond acceptors (Lipinski definition) is 1. The molecular weight excluding hydrogens is 130 g/mol. The largest absolute Gasteiger partial charge is 0.465 e. The summed E-state index contributed by atoms with van der Waals surface area (Å²) in [7, 11) is 0. The summed E-state index contributed by atoms with van der Waals surface area (Å²) < 4.78 is 0. The maximum atomic E-state index is 10.4. The molecule has 0 aromatic heterocycles. The molecule has 54 valence electrons. The molecule has 1 aliphatic heterocycles. The van der Waals surface area contributed by atoms with Crippen LogP contribution in [0.5, 0.6) is 0 Å². The van der Waals surface area contributed by atoms with Gasteiger partial charge in [0.1, 0.15) is 0 Å². The van der Waals surface area contributed by atoms with Crippen LogP contribution in [-0.4, -0.2) is 22.6 Å². The summed E-state index contributed by atoms with van der Waals surface area (Å²) in [4.78, 5) is 11.6. The van der Waals surface area contributed by atoms with E-state index in [1.165, 1.54) is 4.90 Å². The SMILES string of the molecule is O=C(O)N1C=CC=CCC1. The van der Waals surface area contributed by atoms with Crippen LogP contribution in [0.1, 0.15) is 6.42 Å². The number of rotatable bonds is 0. The molecule has 1 heterocycles. The molecule has 0 radical (unpaired) electrons. The van der Waals surface area contributed by atoms with E-state index in [0.29, 0.717) is 6.54 Å². The van der Waals surface area contributed by atoms with E-state index in [1.807, 2.05) is 12.2 Å². The lowest BCUT2D eigenvalue weighted by Crippen LogP contribution is -2.23. The monoisotopic (exact) mass is 139 g/mol. The molecule has 0 spiro atoms. The number of carbonyl (C=O) groups is 1. The summed E-state index contributed by atoms with van der Waals surface area (Å²) >= 11 is 0. The van der Waals surface area contributed by atoms with Gasteiger partial charge >= 0.3 is 6.09 Å². The van der Waals surface area contributed by atoms with Gasteiger partial charge in [-0.2, -0.15) is 0 Å². The Morgan fingerprint density at radius 3 is 3.00 bits per heavy atom. The smallest absolute Gasteiger partial charge is 0.411 e. The lowest BCUT2D eigenvalue weighted by Gasteiger charge is -2.10. The van der Waals surface area contributed by atoms with Crippen molar-refractivity contribution in [1.82, 2.24) is 4.90 Å².